The van der Waals surface area contributed by atoms with E-state index >= 15 is 0 Å². The van der Waals surface area contributed by atoms with Gasteiger partial charge in [0, 0.05) is 10.6 Å². The largest absolute Gasteiger partial charge is 0.496 e. The summed E-state index contributed by atoms with van der Waals surface area (Å²) in [6.45, 7) is 0. The summed E-state index contributed by atoms with van der Waals surface area (Å²) in [4.78, 5) is 1.06. The van der Waals surface area contributed by atoms with Gasteiger partial charge in [0.05, 0.1) is 13.2 Å². The molecule has 108 valence electrons. The van der Waals surface area contributed by atoms with Crippen LogP contribution in [0.4, 0.5) is 0 Å². The predicted molar refractivity (Wildman–Crippen MR) is 86.3 cm³/mol. The highest BCUT2D eigenvalue weighted by Gasteiger charge is 2.26. The van der Waals surface area contributed by atoms with E-state index in [4.69, 9.17) is 10.5 Å². The Morgan fingerprint density at radius 1 is 1.14 bits per heavy atom. The van der Waals surface area contributed by atoms with Crippen molar-refractivity contribution in [3.8, 4) is 11.8 Å². The molecule has 4 heteroatoms. The van der Waals surface area contributed by atoms with Gasteiger partial charge < -0.3 is 10.5 Å². The lowest BCUT2D eigenvalue weighted by molar-refractivity contribution is 0.405. The number of para-hydroxylation sites is 1. The maximum Gasteiger partial charge on any atom is 0.132 e. The highest BCUT2D eigenvalue weighted by atomic mass is 32.2. The van der Waals surface area contributed by atoms with Crippen molar-refractivity contribution < 1.29 is 4.74 Å². The molecule has 0 fully saturated rings. The first-order valence-corrected chi connectivity index (χ1v) is 7.69. The Kier molecular flexibility index (Phi) is 5.26. The summed E-state index contributed by atoms with van der Waals surface area (Å²) in [5.41, 5.74) is 6.15. The Labute approximate surface area is 129 Å². The van der Waals surface area contributed by atoms with Crippen molar-refractivity contribution in [2.75, 3.05) is 12.9 Å². The van der Waals surface area contributed by atoms with E-state index in [0.29, 0.717) is 6.42 Å². The minimum absolute atomic E-state index is 0.580. The summed E-state index contributed by atoms with van der Waals surface area (Å²) >= 11 is 1.65. The molecule has 0 aliphatic rings. The number of hydrogen-bond donors (Lipinski definition) is 1. The molecule has 2 aromatic rings. The van der Waals surface area contributed by atoms with E-state index in [2.05, 4.69) is 6.07 Å². The normalized spacial score (nSPS) is 13.2. The standard InChI is InChI=1S/C17H18N2OS/c1-20-15-9-5-6-10-16(15)21-12-11-17(19,13-18)14-7-3-2-4-8-14/h2-10H,11-12,19H2,1H3. The van der Waals surface area contributed by atoms with Crippen molar-refractivity contribution in [2.45, 2.75) is 16.9 Å². The lowest BCUT2D eigenvalue weighted by Gasteiger charge is -2.21. The molecular formula is C17H18N2OS. The third-order valence-corrected chi connectivity index (χ3v) is 4.37. The Morgan fingerprint density at radius 3 is 2.48 bits per heavy atom. The topological polar surface area (TPSA) is 59.0 Å². The van der Waals surface area contributed by atoms with Crippen LogP contribution in [-0.4, -0.2) is 12.9 Å². The number of rotatable bonds is 6. The van der Waals surface area contributed by atoms with Gasteiger partial charge in [-0.3, -0.25) is 0 Å². The molecule has 0 heterocycles. The fourth-order valence-electron chi connectivity index (χ4n) is 2.06. The summed E-state index contributed by atoms with van der Waals surface area (Å²) in [6.07, 6.45) is 0.580. The molecule has 0 saturated carbocycles. The van der Waals surface area contributed by atoms with Gasteiger partial charge in [-0.05, 0) is 24.1 Å². The van der Waals surface area contributed by atoms with Gasteiger partial charge in [-0.15, -0.1) is 11.8 Å². The van der Waals surface area contributed by atoms with Gasteiger partial charge in [-0.1, -0.05) is 42.5 Å². The number of thioether (sulfide) groups is 1. The summed E-state index contributed by atoms with van der Waals surface area (Å²) in [5, 5.41) is 9.43. The molecule has 0 aromatic heterocycles. The third-order valence-electron chi connectivity index (χ3n) is 3.31. The number of nitriles is 1. The average Bonchev–Trinajstić information content (AvgIpc) is 2.56. The molecule has 0 aliphatic heterocycles. The maximum absolute atomic E-state index is 9.43. The first-order valence-electron chi connectivity index (χ1n) is 6.71. The van der Waals surface area contributed by atoms with Crippen LogP contribution in [0.15, 0.2) is 59.5 Å². The van der Waals surface area contributed by atoms with Gasteiger partial charge >= 0.3 is 0 Å². The van der Waals surface area contributed by atoms with E-state index in [-0.39, 0.29) is 0 Å². The Bertz CT molecular complexity index is 624. The molecule has 3 nitrogen and oxygen atoms in total. The van der Waals surface area contributed by atoms with E-state index in [1.54, 1.807) is 18.9 Å². The Morgan fingerprint density at radius 2 is 1.81 bits per heavy atom. The minimum Gasteiger partial charge on any atom is -0.496 e. The van der Waals surface area contributed by atoms with Crippen LogP contribution in [0.3, 0.4) is 0 Å². The molecule has 2 rings (SSSR count). The SMILES string of the molecule is COc1ccccc1SCCC(N)(C#N)c1ccccc1. The second-order valence-electron chi connectivity index (χ2n) is 4.70. The Balaban J connectivity index is 2.03. The summed E-state index contributed by atoms with van der Waals surface area (Å²) in [6, 6.07) is 19.6. The fourth-order valence-corrected chi connectivity index (χ4v) is 3.17. The van der Waals surface area contributed by atoms with Crippen LogP contribution in [0.5, 0.6) is 5.75 Å². The van der Waals surface area contributed by atoms with Crippen LogP contribution >= 0.6 is 11.8 Å². The van der Waals surface area contributed by atoms with Crippen molar-refractivity contribution in [2.24, 2.45) is 5.73 Å². The molecule has 1 atom stereocenters. The van der Waals surface area contributed by atoms with Gasteiger partial charge in [0.25, 0.3) is 0 Å². The first kappa shape index (κ1) is 15.4. The predicted octanol–water partition coefficient (Wildman–Crippen LogP) is 3.56. The highest BCUT2D eigenvalue weighted by Crippen LogP contribution is 2.31. The van der Waals surface area contributed by atoms with Gasteiger partial charge in [-0.25, -0.2) is 0 Å². The highest BCUT2D eigenvalue weighted by molar-refractivity contribution is 7.99. The lowest BCUT2D eigenvalue weighted by atomic mass is 9.90. The Hall–Kier alpha value is -1.96. The van der Waals surface area contributed by atoms with Crippen molar-refractivity contribution in [1.82, 2.24) is 0 Å². The molecule has 0 saturated heterocycles. The number of ether oxygens (including phenoxy) is 1. The first-order chi connectivity index (χ1) is 10.2. The van der Waals surface area contributed by atoms with Crippen LogP contribution < -0.4 is 10.5 Å². The number of methoxy groups -OCH3 is 1. The molecule has 0 radical (unpaired) electrons. The zero-order chi connectivity index (χ0) is 15.1. The van der Waals surface area contributed by atoms with Crippen molar-refractivity contribution >= 4 is 11.8 Å². The van der Waals surface area contributed by atoms with E-state index < -0.39 is 5.54 Å². The fraction of sp³-hybridized carbons (Fsp3) is 0.235. The second kappa shape index (κ2) is 7.16. The molecule has 0 amide bonds. The second-order valence-corrected chi connectivity index (χ2v) is 5.84. The quantitative estimate of drug-likeness (QED) is 0.828. The van der Waals surface area contributed by atoms with Crippen molar-refractivity contribution in [1.29, 1.82) is 5.26 Å². The van der Waals surface area contributed by atoms with Gasteiger partial charge in [-0.2, -0.15) is 5.26 Å². The molecule has 1 unspecified atom stereocenters. The minimum atomic E-state index is -0.948. The summed E-state index contributed by atoms with van der Waals surface area (Å²) < 4.78 is 5.32. The van der Waals surface area contributed by atoms with Crippen molar-refractivity contribution in [3.05, 3.63) is 60.2 Å². The van der Waals surface area contributed by atoms with Crippen LogP contribution in [0, 0.1) is 11.3 Å². The summed E-state index contributed by atoms with van der Waals surface area (Å²) in [5.74, 6) is 1.60. The third kappa shape index (κ3) is 3.78. The molecule has 0 spiro atoms. The maximum atomic E-state index is 9.43. The monoisotopic (exact) mass is 298 g/mol. The molecule has 2 N–H and O–H groups in total. The van der Waals surface area contributed by atoms with Crippen LogP contribution in [-0.2, 0) is 5.54 Å². The van der Waals surface area contributed by atoms with E-state index in [1.807, 2.05) is 54.6 Å². The van der Waals surface area contributed by atoms with E-state index in [0.717, 1.165) is 22.0 Å². The van der Waals surface area contributed by atoms with E-state index in [1.165, 1.54) is 0 Å². The van der Waals surface area contributed by atoms with Crippen molar-refractivity contribution in [3.63, 3.8) is 0 Å². The zero-order valence-electron chi connectivity index (χ0n) is 12.0. The van der Waals surface area contributed by atoms with E-state index in [9.17, 15) is 5.26 Å². The molecular weight excluding hydrogens is 280 g/mol. The van der Waals surface area contributed by atoms with Gasteiger partial charge in [0.1, 0.15) is 11.3 Å². The molecule has 0 bridgehead atoms. The average molecular weight is 298 g/mol. The molecule has 0 aliphatic carbocycles. The lowest BCUT2D eigenvalue weighted by Crippen LogP contribution is -2.35. The molecule has 21 heavy (non-hydrogen) atoms. The van der Waals surface area contributed by atoms with Gasteiger partial charge in [0.15, 0.2) is 0 Å². The summed E-state index contributed by atoms with van der Waals surface area (Å²) in [7, 11) is 1.66. The number of nitrogens with two attached hydrogens (primary N) is 1. The molecule has 2 aromatic carbocycles. The smallest absolute Gasteiger partial charge is 0.132 e. The zero-order valence-corrected chi connectivity index (χ0v) is 12.8. The number of benzene rings is 2. The number of hydrogen-bond acceptors (Lipinski definition) is 4. The van der Waals surface area contributed by atoms with Gasteiger partial charge in [0.2, 0.25) is 0 Å². The number of nitrogens with zero attached hydrogens (tertiary/aromatic N) is 1. The van der Waals surface area contributed by atoms with Crippen LogP contribution in [0.2, 0.25) is 0 Å². The van der Waals surface area contributed by atoms with Crippen LogP contribution in [0.25, 0.3) is 0 Å². The van der Waals surface area contributed by atoms with Crippen LogP contribution in [0.1, 0.15) is 12.0 Å².